The Morgan fingerprint density at radius 2 is 2.29 bits per heavy atom. The van der Waals surface area contributed by atoms with E-state index in [1.54, 1.807) is 7.11 Å². The van der Waals surface area contributed by atoms with Crippen molar-refractivity contribution in [2.75, 3.05) is 13.7 Å². The highest BCUT2D eigenvalue weighted by Gasteiger charge is 2.22. The number of fused-ring (bicyclic) bond motifs is 1. The number of hydrogen-bond donors (Lipinski definition) is 2. The first-order valence-corrected chi connectivity index (χ1v) is 10.1. The minimum atomic E-state index is 0.262. The second kappa shape index (κ2) is 9.68. The van der Waals surface area contributed by atoms with Crippen LogP contribution in [0, 0.1) is 5.92 Å². The lowest BCUT2D eigenvalue weighted by molar-refractivity contribution is 0.177. The van der Waals surface area contributed by atoms with E-state index in [2.05, 4.69) is 51.0 Å². The maximum Gasteiger partial charge on any atom is 0.191 e. The molecule has 0 saturated carbocycles. The summed E-state index contributed by atoms with van der Waals surface area (Å²) in [5, 5.41) is 11.4. The number of rotatable bonds is 8. The number of nitrogens with one attached hydrogen (secondary N) is 2. The molecule has 0 fully saturated rings. The molecule has 2 N–H and O–H groups in total. The highest BCUT2D eigenvalue weighted by molar-refractivity contribution is 5.80. The van der Waals surface area contributed by atoms with E-state index in [0.717, 1.165) is 55.9 Å². The monoisotopic (exact) mass is 388 g/mol. The van der Waals surface area contributed by atoms with Gasteiger partial charge in [0.2, 0.25) is 0 Å². The molecule has 0 radical (unpaired) electrons. The van der Waals surface area contributed by atoms with Crippen LogP contribution in [-0.4, -0.2) is 50.0 Å². The molecule has 0 aromatic carbocycles. The molecule has 0 aliphatic carbocycles. The molecule has 0 amide bonds. The lowest BCUT2D eigenvalue weighted by atomic mass is 10.1. The average molecular weight is 389 g/mol. The molecule has 3 rings (SSSR count). The smallest absolute Gasteiger partial charge is 0.191 e. The Hall–Kier alpha value is -2.42. The molecule has 28 heavy (non-hydrogen) atoms. The molecule has 2 aromatic rings. The lowest BCUT2D eigenvalue weighted by Gasteiger charge is -2.25. The van der Waals surface area contributed by atoms with Crippen molar-refractivity contribution < 1.29 is 4.74 Å². The Kier molecular flexibility index (Phi) is 7.02. The zero-order valence-electron chi connectivity index (χ0n) is 17.4. The minimum absolute atomic E-state index is 0.262. The molecule has 0 saturated heterocycles. The van der Waals surface area contributed by atoms with Crippen LogP contribution in [0.4, 0.5) is 0 Å². The molecular weight excluding hydrogens is 356 g/mol. The van der Waals surface area contributed by atoms with E-state index < -0.39 is 0 Å². The Bertz CT molecular complexity index is 779. The summed E-state index contributed by atoms with van der Waals surface area (Å²) in [5.74, 6) is 4.15. The van der Waals surface area contributed by atoms with Crippen LogP contribution >= 0.6 is 0 Å². The van der Waals surface area contributed by atoms with Crippen LogP contribution in [0.1, 0.15) is 44.7 Å². The highest BCUT2D eigenvalue weighted by atomic mass is 16.5. The van der Waals surface area contributed by atoms with Crippen LogP contribution < -0.4 is 10.6 Å². The van der Waals surface area contributed by atoms with Gasteiger partial charge < -0.3 is 19.9 Å². The van der Waals surface area contributed by atoms with Gasteiger partial charge in [-0.1, -0.05) is 13.8 Å². The van der Waals surface area contributed by atoms with Crippen LogP contribution in [0.3, 0.4) is 0 Å². The fraction of sp³-hybridized carbons (Fsp3) is 0.684. The number of aromatic nitrogens is 5. The summed E-state index contributed by atoms with van der Waals surface area (Å²) in [6.07, 6.45) is 5.76. The van der Waals surface area contributed by atoms with Crippen molar-refractivity contribution >= 4 is 5.96 Å². The number of hydrogen-bond acceptors (Lipinski definition) is 5. The molecule has 1 atom stereocenters. The number of methoxy groups -OCH3 is 1. The summed E-state index contributed by atoms with van der Waals surface area (Å²) in [5.41, 5.74) is 0. The number of ether oxygens (including phenoxy) is 1. The Labute approximate surface area is 166 Å². The van der Waals surface area contributed by atoms with Crippen molar-refractivity contribution in [2.24, 2.45) is 10.9 Å². The van der Waals surface area contributed by atoms with Gasteiger partial charge in [0.1, 0.15) is 24.8 Å². The van der Waals surface area contributed by atoms with Crippen molar-refractivity contribution in [2.45, 2.75) is 65.9 Å². The van der Waals surface area contributed by atoms with Gasteiger partial charge in [-0.05, 0) is 19.3 Å². The third-order valence-electron chi connectivity index (χ3n) is 4.60. The number of aliphatic imine (C=N–C) groups is 1. The van der Waals surface area contributed by atoms with Gasteiger partial charge >= 0.3 is 0 Å². The van der Waals surface area contributed by atoms with Crippen molar-refractivity contribution in [3.8, 4) is 0 Å². The van der Waals surface area contributed by atoms with Gasteiger partial charge in [0.05, 0.1) is 6.54 Å². The molecule has 9 heteroatoms. The summed E-state index contributed by atoms with van der Waals surface area (Å²) < 4.78 is 9.30. The predicted octanol–water partition coefficient (Wildman–Crippen LogP) is 1.35. The molecule has 0 spiro atoms. The second-order valence-electron chi connectivity index (χ2n) is 7.52. The first kappa shape index (κ1) is 20.3. The number of nitrogens with zero attached hydrogens (tertiary/aromatic N) is 6. The van der Waals surface area contributed by atoms with Gasteiger partial charge in [0, 0.05) is 45.1 Å². The maximum atomic E-state index is 5.14. The topological polar surface area (TPSA) is 94.2 Å². The van der Waals surface area contributed by atoms with Crippen molar-refractivity contribution in [1.29, 1.82) is 0 Å². The van der Waals surface area contributed by atoms with E-state index in [-0.39, 0.29) is 6.04 Å². The summed E-state index contributed by atoms with van der Waals surface area (Å²) in [6, 6.07) is 0.262. The van der Waals surface area contributed by atoms with Crippen LogP contribution in [0.2, 0.25) is 0 Å². The van der Waals surface area contributed by atoms with E-state index >= 15 is 0 Å². The molecule has 3 heterocycles. The van der Waals surface area contributed by atoms with E-state index in [9.17, 15) is 0 Å². The van der Waals surface area contributed by atoms with Gasteiger partial charge in [-0.25, -0.2) is 19.6 Å². The van der Waals surface area contributed by atoms with E-state index in [1.165, 1.54) is 0 Å². The summed E-state index contributed by atoms with van der Waals surface area (Å²) in [7, 11) is 1.66. The summed E-state index contributed by atoms with van der Waals surface area (Å²) in [6.45, 7) is 10.0. The Balaban J connectivity index is 1.63. The summed E-state index contributed by atoms with van der Waals surface area (Å²) in [4.78, 5) is 13.8. The van der Waals surface area contributed by atoms with Crippen LogP contribution in [0.5, 0.6) is 0 Å². The fourth-order valence-corrected chi connectivity index (χ4v) is 3.38. The molecule has 1 unspecified atom stereocenters. The Morgan fingerprint density at radius 1 is 1.43 bits per heavy atom. The van der Waals surface area contributed by atoms with Crippen molar-refractivity contribution in [3.63, 3.8) is 0 Å². The average Bonchev–Trinajstić information content (AvgIpc) is 3.25. The van der Waals surface area contributed by atoms with E-state index in [1.807, 2.05) is 17.1 Å². The molecule has 0 bridgehead atoms. The fourth-order valence-electron chi connectivity index (χ4n) is 3.38. The third kappa shape index (κ3) is 5.31. The van der Waals surface area contributed by atoms with Gasteiger partial charge in [-0.15, -0.1) is 0 Å². The van der Waals surface area contributed by atoms with Crippen molar-refractivity contribution in [3.05, 3.63) is 29.9 Å². The van der Waals surface area contributed by atoms with Crippen molar-refractivity contribution in [1.82, 2.24) is 34.9 Å². The zero-order valence-corrected chi connectivity index (χ0v) is 17.4. The number of aryl methyl sites for hydroxylation is 1. The van der Waals surface area contributed by atoms with Crippen LogP contribution in [-0.2, 0) is 37.4 Å². The zero-order chi connectivity index (χ0) is 19.9. The summed E-state index contributed by atoms with van der Waals surface area (Å²) >= 11 is 0. The van der Waals surface area contributed by atoms with Gasteiger partial charge in [-0.3, -0.25) is 0 Å². The number of guanidine groups is 1. The first-order chi connectivity index (χ1) is 13.6. The molecule has 2 aromatic heterocycles. The normalized spacial score (nSPS) is 17.0. The van der Waals surface area contributed by atoms with Crippen LogP contribution in [0.25, 0.3) is 0 Å². The van der Waals surface area contributed by atoms with Gasteiger partial charge in [0.25, 0.3) is 0 Å². The number of imidazole rings is 1. The maximum absolute atomic E-state index is 5.14. The quantitative estimate of drug-likeness (QED) is 0.524. The largest absolute Gasteiger partial charge is 0.377 e. The van der Waals surface area contributed by atoms with Gasteiger partial charge in [-0.2, -0.15) is 5.10 Å². The molecule has 154 valence electrons. The molecule has 1 aliphatic heterocycles. The molecular formula is C19H32N8O. The Morgan fingerprint density at radius 3 is 3.04 bits per heavy atom. The first-order valence-electron chi connectivity index (χ1n) is 10.1. The lowest BCUT2D eigenvalue weighted by Crippen LogP contribution is -2.47. The SMILES string of the molecule is CCNC(=NCc1nccn1CC(C)C)NC1CCc2nc(COC)nn2C1. The van der Waals surface area contributed by atoms with E-state index in [0.29, 0.717) is 19.1 Å². The minimum Gasteiger partial charge on any atom is -0.377 e. The van der Waals surface area contributed by atoms with E-state index in [4.69, 9.17) is 9.73 Å². The second-order valence-corrected chi connectivity index (χ2v) is 7.52. The van der Waals surface area contributed by atoms with Gasteiger partial charge in [0.15, 0.2) is 11.8 Å². The standard InChI is InChI=1S/C19H32N8O/c1-5-20-19(22-10-18-21-8-9-26(18)11-14(2)3)23-15-6-7-17-24-16(13-28-4)25-27(17)12-15/h8-9,14-15H,5-7,10-13H2,1-4H3,(H2,20,22,23). The molecule has 9 nitrogen and oxygen atoms in total. The predicted molar refractivity (Wildman–Crippen MR) is 108 cm³/mol. The highest BCUT2D eigenvalue weighted by Crippen LogP contribution is 2.13. The third-order valence-corrected chi connectivity index (χ3v) is 4.60. The van der Waals surface area contributed by atoms with Crippen LogP contribution in [0.15, 0.2) is 17.4 Å². The molecule has 1 aliphatic rings.